The van der Waals surface area contributed by atoms with Gasteiger partial charge in [0.05, 0.1) is 6.10 Å². The maximum absolute atomic E-state index is 12.9. The molecule has 1 unspecified atom stereocenters. The lowest BCUT2D eigenvalue weighted by Crippen LogP contribution is -2.24. The first-order valence-electron chi connectivity index (χ1n) is 6.96. The van der Waals surface area contributed by atoms with Crippen molar-refractivity contribution in [2.75, 3.05) is 13.6 Å². The summed E-state index contributed by atoms with van der Waals surface area (Å²) < 4.78 is 12.9. The van der Waals surface area contributed by atoms with Crippen molar-refractivity contribution in [3.63, 3.8) is 0 Å². The molecule has 0 bridgehead atoms. The Balaban J connectivity index is 1.93. The highest BCUT2D eigenvalue weighted by atomic mass is 19.1. The van der Waals surface area contributed by atoms with Crippen molar-refractivity contribution in [1.82, 2.24) is 4.90 Å². The third-order valence-corrected chi connectivity index (χ3v) is 3.43. The zero-order valence-electron chi connectivity index (χ0n) is 12.4. The van der Waals surface area contributed by atoms with Gasteiger partial charge in [0.2, 0.25) is 5.91 Å². The highest BCUT2D eigenvalue weighted by Gasteiger charge is 2.11. The molecule has 0 fully saturated rings. The van der Waals surface area contributed by atoms with Gasteiger partial charge in [-0.25, -0.2) is 4.39 Å². The number of nitrogens with zero attached hydrogens (tertiary/aromatic N) is 1. The van der Waals surface area contributed by atoms with E-state index < -0.39 is 12.0 Å². The van der Waals surface area contributed by atoms with Crippen molar-refractivity contribution in [2.24, 2.45) is 5.73 Å². The number of amides is 1. The van der Waals surface area contributed by atoms with Gasteiger partial charge >= 0.3 is 0 Å². The Hall–Kier alpha value is -2.24. The van der Waals surface area contributed by atoms with Crippen LogP contribution in [-0.2, 0) is 6.54 Å². The SMILES string of the molecule is CN(Cc1ccc(C(N)=O)cc1)CC(O)c1ccc(F)cc1. The Kier molecular flexibility index (Phi) is 5.25. The molecule has 22 heavy (non-hydrogen) atoms. The predicted octanol–water partition coefficient (Wildman–Crippen LogP) is 2.09. The van der Waals surface area contributed by atoms with E-state index in [2.05, 4.69) is 0 Å². The van der Waals surface area contributed by atoms with Gasteiger partial charge in [0.25, 0.3) is 0 Å². The number of benzene rings is 2. The largest absolute Gasteiger partial charge is 0.387 e. The average molecular weight is 302 g/mol. The number of carbonyl (C=O) groups excluding carboxylic acids is 1. The quantitative estimate of drug-likeness (QED) is 0.858. The average Bonchev–Trinajstić information content (AvgIpc) is 2.48. The van der Waals surface area contributed by atoms with E-state index in [4.69, 9.17) is 5.73 Å². The summed E-state index contributed by atoms with van der Waals surface area (Å²) in [5.74, 6) is -0.773. The van der Waals surface area contributed by atoms with Crippen molar-refractivity contribution in [2.45, 2.75) is 12.6 Å². The molecule has 0 spiro atoms. The summed E-state index contributed by atoms with van der Waals surface area (Å²) in [4.78, 5) is 13.0. The normalized spacial score (nSPS) is 12.4. The van der Waals surface area contributed by atoms with Crippen molar-refractivity contribution in [3.8, 4) is 0 Å². The van der Waals surface area contributed by atoms with Crippen LogP contribution in [0.25, 0.3) is 0 Å². The van der Waals surface area contributed by atoms with E-state index in [1.165, 1.54) is 12.1 Å². The minimum Gasteiger partial charge on any atom is -0.387 e. The van der Waals surface area contributed by atoms with Gasteiger partial charge in [0.1, 0.15) is 5.82 Å². The number of aliphatic hydroxyl groups is 1. The molecular formula is C17H19FN2O2. The number of hydrogen-bond acceptors (Lipinski definition) is 3. The molecule has 1 amide bonds. The molecule has 0 heterocycles. The molecule has 3 N–H and O–H groups in total. The van der Waals surface area contributed by atoms with E-state index in [-0.39, 0.29) is 5.82 Å². The minimum atomic E-state index is -0.685. The molecule has 2 rings (SSSR count). The Labute approximate surface area is 129 Å². The molecule has 2 aromatic carbocycles. The summed E-state index contributed by atoms with van der Waals surface area (Å²) in [7, 11) is 1.88. The monoisotopic (exact) mass is 302 g/mol. The lowest BCUT2D eigenvalue weighted by atomic mass is 10.1. The van der Waals surface area contributed by atoms with E-state index in [1.54, 1.807) is 24.3 Å². The fraction of sp³-hybridized carbons (Fsp3) is 0.235. The maximum Gasteiger partial charge on any atom is 0.248 e. The summed E-state index contributed by atoms with van der Waals surface area (Å²) in [6, 6.07) is 12.9. The topological polar surface area (TPSA) is 66.6 Å². The molecule has 4 nitrogen and oxygen atoms in total. The van der Waals surface area contributed by atoms with Crippen LogP contribution in [0.3, 0.4) is 0 Å². The highest BCUT2D eigenvalue weighted by Crippen LogP contribution is 2.15. The van der Waals surface area contributed by atoms with Gasteiger partial charge in [-0.2, -0.15) is 0 Å². The first-order chi connectivity index (χ1) is 10.5. The summed E-state index contributed by atoms with van der Waals surface area (Å²) in [5.41, 5.74) is 7.36. The molecule has 2 aromatic rings. The maximum atomic E-state index is 12.9. The van der Waals surface area contributed by atoms with Crippen LogP contribution >= 0.6 is 0 Å². The number of primary amides is 1. The zero-order valence-corrected chi connectivity index (χ0v) is 12.4. The Morgan fingerprint density at radius 2 is 1.77 bits per heavy atom. The van der Waals surface area contributed by atoms with Crippen LogP contribution in [0.15, 0.2) is 48.5 Å². The lowest BCUT2D eigenvalue weighted by molar-refractivity contribution is 0.100. The standard InChI is InChI=1S/C17H19FN2O2/c1-20(10-12-2-4-14(5-3-12)17(19)22)11-16(21)13-6-8-15(18)9-7-13/h2-9,16,21H,10-11H2,1H3,(H2,19,22). The Bertz CT molecular complexity index is 626. The van der Waals surface area contributed by atoms with Crippen molar-refractivity contribution >= 4 is 5.91 Å². The Morgan fingerprint density at radius 1 is 1.18 bits per heavy atom. The van der Waals surface area contributed by atoms with Crippen LogP contribution in [-0.4, -0.2) is 29.5 Å². The highest BCUT2D eigenvalue weighted by molar-refractivity contribution is 5.92. The number of halogens is 1. The Morgan fingerprint density at radius 3 is 2.32 bits per heavy atom. The van der Waals surface area contributed by atoms with Gasteiger partial charge < -0.3 is 10.8 Å². The van der Waals surface area contributed by atoms with E-state index in [1.807, 2.05) is 24.1 Å². The van der Waals surface area contributed by atoms with Crippen LogP contribution in [0.5, 0.6) is 0 Å². The molecule has 0 saturated heterocycles. The van der Waals surface area contributed by atoms with Crippen molar-refractivity contribution < 1.29 is 14.3 Å². The van der Waals surface area contributed by atoms with Gasteiger partial charge in [-0.05, 0) is 42.4 Å². The molecule has 0 saturated carbocycles. The van der Waals surface area contributed by atoms with E-state index in [0.717, 1.165) is 5.56 Å². The molecule has 0 aliphatic carbocycles. The van der Waals surface area contributed by atoms with Crippen molar-refractivity contribution in [3.05, 3.63) is 71.0 Å². The molecular weight excluding hydrogens is 283 g/mol. The predicted molar refractivity (Wildman–Crippen MR) is 82.7 cm³/mol. The number of rotatable bonds is 6. The fourth-order valence-electron chi connectivity index (χ4n) is 2.24. The molecule has 0 aliphatic rings. The second kappa shape index (κ2) is 7.15. The number of aliphatic hydroxyl groups excluding tert-OH is 1. The van der Waals surface area contributed by atoms with Gasteiger partial charge in [0, 0.05) is 18.7 Å². The smallest absolute Gasteiger partial charge is 0.248 e. The second-order valence-corrected chi connectivity index (χ2v) is 5.33. The van der Waals surface area contributed by atoms with E-state index in [0.29, 0.717) is 24.2 Å². The molecule has 116 valence electrons. The van der Waals surface area contributed by atoms with Crippen LogP contribution in [0.2, 0.25) is 0 Å². The molecule has 0 aliphatic heterocycles. The number of nitrogens with two attached hydrogens (primary N) is 1. The lowest BCUT2D eigenvalue weighted by Gasteiger charge is -2.21. The second-order valence-electron chi connectivity index (χ2n) is 5.33. The molecule has 0 radical (unpaired) electrons. The molecule has 0 aromatic heterocycles. The van der Waals surface area contributed by atoms with E-state index in [9.17, 15) is 14.3 Å². The van der Waals surface area contributed by atoms with Gasteiger partial charge in [-0.3, -0.25) is 9.69 Å². The summed E-state index contributed by atoms with van der Waals surface area (Å²) in [6.45, 7) is 1.04. The number of hydrogen-bond donors (Lipinski definition) is 2. The number of likely N-dealkylation sites (N-methyl/N-ethyl adjacent to an activating group) is 1. The first-order valence-corrected chi connectivity index (χ1v) is 6.96. The third-order valence-electron chi connectivity index (χ3n) is 3.43. The fourth-order valence-corrected chi connectivity index (χ4v) is 2.24. The number of carbonyl (C=O) groups is 1. The van der Waals surface area contributed by atoms with Gasteiger partial charge in [-0.15, -0.1) is 0 Å². The summed E-state index contributed by atoms with van der Waals surface area (Å²) in [6.07, 6.45) is -0.685. The molecule has 1 atom stereocenters. The van der Waals surface area contributed by atoms with Crippen LogP contribution in [0, 0.1) is 5.82 Å². The zero-order chi connectivity index (χ0) is 16.1. The first kappa shape index (κ1) is 16.1. The van der Waals surface area contributed by atoms with Crippen LogP contribution in [0.4, 0.5) is 4.39 Å². The molecule has 5 heteroatoms. The van der Waals surface area contributed by atoms with Gasteiger partial charge in [0.15, 0.2) is 0 Å². The van der Waals surface area contributed by atoms with Crippen molar-refractivity contribution in [1.29, 1.82) is 0 Å². The van der Waals surface area contributed by atoms with Crippen LogP contribution in [0.1, 0.15) is 27.6 Å². The van der Waals surface area contributed by atoms with Gasteiger partial charge in [-0.1, -0.05) is 24.3 Å². The minimum absolute atomic E-state index is 0.321. The summed E-state index contributed by atoms with van der Waals surface area (Å²) >= 11 is 0. The van der Waals surface area contributed by atoms with E-state index >= 15 is 0 Å². The summed E-state index contributed by atoms with van der Waals surface area (Å²) in [5, 5.41) is 10.2. The third kappa shape index (κ3) is 4.38. The van der Waals surface area contributed by atoms with Crippen LogP contribution < -0.4 is 5.73 Å².